The van der Waals surface area contributed by atoms with Crippen LogP contribution in [0, 0.1) is 0 Å². The Morgan fingerprint density at radius 2 is 1.44 bits per heavy atom. The van der Waals surface area contributed by atoms with Crippen LogP contribution < -0.4 is 9.47 Å². The highest BCUT2D eigenvalue weighted by Gasteiger charge is 2.12. The molecule has 0 spiro atoms. The molecule has 0 fully saturated rings. The van der Waals surface area contributed by atoms with Gasteiger partial charge in [-0.1, -0.05) is 48.5 Å². The van der Waals surface area contributed by atoms with E-state index in [-0.39, 0.29) is 5.78 Å². The lowest BCUT2D eigenvalue weighted by Crippen LogP contribution is -1.98. The van der Waals surface area contributed by atoms with Crippen LogP contribution in [0.15, 0.2) is 84.9 Å². The van der Waals surface area contributed by atoms with Gasteiger partial charge in [0.1, 0.15) is 11.5 Å². The summed E-state index contributed by atoms with van der Waals surface area (Å²) in [5, 5.41) is 0. The van der Waals surface area contributed by atoms with Crippen LogP contribution in [0.3, 0.4) is 0 Å². The summed E-state index contributed by atoms with van der Waals surface area (Å²) in [7, 11) is 3.12. The predicted octanol–water partition coefficient (Wildman–Crippen LogP) is 5.36. The molecule has 4 heteroatoms. The minimum Gasteiger partial charge on any atom is -0.496 e. The summed E-state index contributed by atoms with van der Waals surface area (Å²) >= 11 is 0. The highest BCUT2D eigenvalue weighted by molar-refractivity contribution is 6.07. The summed E-state index contributed by atoms with van der Waals surface area (Å²) in [6.07, 6.45) is 1.48. The van der Waals surface area contributed by atoms with Crippen LogP contribution in [0.2, 0.25) is 0 Å². The second kappa shape index (κ2) is 8.72. The first-order valence-electron chi connectivity index (χ1n) is 8.47. The summed E-state index contributed by atoms with van der Waals surface area (Å²) in [4.78, 5) is 12.5. The molecule has 0 amide bonds. The van der Waals surface area contributed by atoms with Crippen LogP contribution >= 0.6 is 0 Å². The lowest BCUT2D eigenvalue weighted by atomic mass is 10.1. The van der Waals surface area contributed by atoms with Crippen molar-refractivity contribution in [2.24, 2.45) is 0 Å². The number of hydrogen-bond acceptors (Lipinski definition) is 4. The van der Waals surface area contributed by atoms with Gasteiger partial charge >= 0.3 is 0 Å². The standard InChI is InChI=1S/C23H20O4/c1-25-21-14-13-18(15-23(21)27-19-11-7-4-8-12-19)22(26-2)16-20(24)17-9-5-3-6-10-17/h3-16H,1-2H3. The zero-order valence-electron chi connectivity index (χ0n) is 15.2. The largest absolute Gasteiger partial charge is 0.496 e. The Labute approximate surface area is 158 Å². The molecule has 0 saturated heterocycles. The molecule has 0 aliphatic carbocycles. The van der Waals surface area contributed by atoms with Gasteiger partial charge in [0.2, 0.25) is 0 Å². The molecule has 0 atom stereocenters. The normalized spacial score (nSPS) is 11.0. The number of carbonyl (C=O) groups is 1. The van der Waals surface area contributed by atoms with Crippen molar-refractivity contribution in [3.05, 3.63) is 96.1 Å². The summed E-state index contributed by atoms with van der Waals surface area (Å²) in [6, 6.07) is 23.9. The number of ether oxygens (including phenoxy) is 3. The van der Waals surface area contributed by atoms with Gasteiger partial charge < -0.3 is 14.2 Å². The van der Waals surface area contributed by atoms with Gasteiger partial charge in [-0.2, -0.15) is 0 Å². The first-order valence-corrected chi connectivity index (χ1v) is 8.47. The average Bonchev–Trinajstić information content (AvgIpc) is 2.73. The highest BCUT2D eigenvalue weighted by Crippen LogP contribution is 2.34. The molecule has 0 radical (unpaired) electrons. The molecule has 3 rings (SSSR count). The van der Waals surface area contributed by atoms with Crippen LogP contribution in [0.25, 0.3) is 5.76 Å². The molecule has 0 N–H and O–H groups in total. The van der Waals surface area contributed by atoms with Crippen molar-refractivity contribution in [3.8, 4) is 17.2 Å². The van der Waals surface area contributed by atoms with Crippen molar-refractivity contribution in [1.82, 2.24) is 0 Å². The summed E-state index contributed by atoms with van der Waals surface area (Å²) < 4.78 is 16.8. The molecule has 0 aromatic heterocycles. The van der Waals surface area contributed by atoms with E-state index in [4.69, 9.17) is 14.2 Å². The molecule has 0 saturated carbocycles. The quantitative estimate of drug-likeness (QED) is 0.323. The van der Waals surface area contributed by atoms with Crippen LogP contribution in [-0.2, 0) is 4.74 Å². The minimum absolute atomic E-state index is 0.131. The van der Waals surface area contributed by atoms with Gasteiger partial charge in [0, 0.05) is 17.2 Å². The SMILES string of the molecule is COC(=CC(=O)c1ccccc1)c1ccc(OC)c(Oc2ccccc2)c1. The smallest absolute Gasteiger partial charge is 0.189 e. The van der Waals surface area contributed by atoms with E-state index in [1.807, 2.05) is 54.6 Å². The third-order valence-electron chi connectivity index (χ3n) is 3.96. The summed E-state index contributed by atoms with van der Waals surface area (Å²) in [5.74, 6) is 2.14. The maximum atomic E-state index is 12.5. The first kappa shape index (κ1) is 18.3. The Kier molecular flexibility index (Phi) is 5.90. The van der Waals surface area contributed by atoms with Crippen LogP contribution in [-0.4, -0.2) is 20.0 Å². The average molecular weight is 360 g/mol. The molecule has 136 valence electrons. The van der Waals surface area contributed by atoms with Gasteiger partial charge in [-0.15, -0.1) is 0 Å². The lowest BCUT2D eigenvalue weighted by Gasteiger charge is -2.13. The van der Waals surface area contributed by atoms with Gasteiger partial charge in [-0.05, 0) is 30.3 Å². The Hall–Kier alpha value is -3.53. The molecule has 4 nitrogen and oxygen atoms in total. The van der Waals surface area contributed by atoms with Crippen molar-refractivity contribution >= 4 is 11.5 Å². The summed E-state index contributed by atoms with van der Waals surface area (Å²) in [6.45, 7) is 0. The van der Waals surface area contributed by atoms with Crippen molar-refractivity contribution < 1.29 is 19.0 Å². The van der Waals surface area contributed by atoms with Gasteiger partial charge in [0.15, 0.2) is 17.3 Å². The van der Waals surface area contributed by atoms with E-state index in [1.165, 1.54) is 13.2 Å². The predicted molar refractivity (Wildman–Crippen MR) is 105 cm³/mol. The molecule has 3 aromatic rings. The first-order chi connectivity index (χ1) is 13.2. The monoisotopic (exact) mass is 360 g/mol. The zero-order valence-corrected chi connectivity index (χ0v) is 15.2. The number of hydrogen-bond donors (Lipinski definition) is 0. The zero-order chi connectivity index (χ0) is 19.1. The molecule has 0 aliphatic rings. The van der Waals surface area contributed by atoms with Crippen molar-refractivity contribution in [1.29, 1.82) is 0 Å². The van der Waals surface area contributed by atoms with Crippen LogP contribution in [0.4, 0.5) is 0 Å². The minimum atomic E-state index is -0.131. The van der Waals surface area contributed by atoms with Crippen molar-refractivity contribution in [2.75, 3.05) is 14.2 Å². The number of para-hydroxylation sites is 1. The fourth-order valence-electron chi connectivity index (χ4n) is 2.59. The van der Waals surface area contributed by atoms with E-state index in [1.54, 1.807) is 31.4 Å². The number of methoxy groups -OCH3 is 2. The number of ketones is 1. The van der Waals surface area contributed by atoms with E-state index in [2.05, 4.69) is 0 Å². The molecular formula is C23H20O4. The van der Waals surface area contributed by atoms with E-state index in [9.17, 15) is 4.79 Å². The number of benzene rings is 3. The van der Waals surface area contributed by atoms with E-state index in [0.29, 0.717) is 34.1 Å². The van der Waals surface area contributed by atoms with Crippen molar-refractivity contribution in [2.45, 2.75) is 0 Å². The topological polar surface area (TPSA) is 44.8 Å². The fourth-order valence-corrected chi connectivity index (χ4v) is 2.59. The summed E-state index contributed by atoms with van der Waals surface area (Å²) in [5.41, 5.74) is 1.31. The molecule has 0 aliphatic heterocycles. The number of carbonyl (C=O) groups excluding carboxylic acids is 1. The molecule has 0 bridgehead atoms. The second-order valence-electron chi connectivity index (χ2n) is 5.72. The van der Waals surface area contributed by atoms with Gasteiger partial charge in [-0.3, -0.25) is 4.79 Å². The fraction of sp³-hybridized carbons (Fsp3) is 0.0870. The molecule has 3 aromatic carbocycles. The lowest BCUT2D eigenvalue weighted by molar-refractivity contribution is 0.104. The van der Waals surface area contributed by atoms with Crippen molar-refractivity contribution in [3.63, 3.8) is 0 Å². The van der Waals surface area contributed by atoms with Gasteiger partial charge in [0.05, 0.1) is 14.2 Å². The number of allylic oxidation sites excluding steroid dienone is 1. The maximum Gasteiger partial charge on any atom is 0.189 e. The van der Waals surface area contributed by atoms with Crippen LogP contribution in [0.5, 0.6) is 17.2 Å². The van der Waals surface area contributed by atoms with Crippen LogP contribution in [0.1, 0.15) is 15.9 Å². The van der Waals surface area contributed by atoms with E-state index < -0.39 is 0 Å². The Balaban J connectivity index is 1.93. The molecular weight excluding hydrogens is 340 g/mol. The Morgan fingerprint density at radius 3 is 2.07 bits per heavy atom. The van der Waals surface area contributed by atoms with Gasteiger partial charge in [-0.25, -0.2) is 0 Å². The third kappa shape index (κ3) is 4.55. The Morgan fingerprint density at radius 1 is 0.778 bits per heavy atom. The number of rotatable bonds is 7. The third-order valence-corrected chi connectivity index (χ3v) is 3.96. The second-order valence-corrected chi connectivity index (χ2v) is 5.72. The molecule has 0 heterocycles. The van der Waals surface area contributed by atoms with E-state index >= 15 is 0 Å². The molecule has 27 heavy (non-hydrogen) atoms. The van der Waals surface area contributed by atoms with E-state index in [0.717, 1.165) is 0 Å². The highest BCUT2D eigenvalue weighted by atomic mass is 16.5. The Bertz CT molecular complexity index is 931. The van der Waals surface area contributed by atoms with Gasteiger partial charge in [0.25, 0.3) is 0 Å². The maximum absolute atomic E-state index is 12.5. The molecule has 0 unspecified atom stereocenters.